The molecule has 0 radical (unpaired) electrons. The Morgan fingerprint density at radius 3 is 2.90 bits per heavy atom. The lowest BCUT2D eigenvalue weighted by molar-refractivity contribution is 0.0442. The Balaban J connectivity index is 1.60. The molecule has 0 spiro atoms. The molecule has 21 heavy (non-hydrogen) atoms. The normalized spacial score (nSPS) is 16.7. The van der Waals surface area contributed by atoms with Crippen LogP contribution in [-0.2, 0) is 9.57 Å². The van der Waals surface area contributed by atoms with E-state index in [-0.39, 0.29) is 0 Å². The van der Waals surface area contributed by atoms with Crippen molar-refractivity contribution >= 4 is 21.8 Å². The minimum atomic E-state index is 0.357. The fraction of sp³-hybridized carbons (Fsp3) is 0.500. The molecule has 1 aliphatic rings. The molecular formula is C14H20BrN3O3. The Labute approximate surface area is 133 Å². The number of nitrogens with two attached hydrogens (primary N) is 1. The zero-order valence-electron chi connectivity index (χ0n) is 11.8. The summed E-state index contributed by atoms with van der Waals surface area (Å²) in [5.74, 6) is 1.26. The fourth-order valence-corrected chi connectivity index (χ4v) is 2.28. The lowest BCUT2D eigenvalue weighted by atomic mass is 10.3. The van der Waals surface area contributed by atoms with E-state index in [2.05, 4.69) is 26.0 Å². The number of hydrogen-bond donors (Lipinski definition) is 1. The van der Waals surface area contributed by atoms with Crippen LogP contribution >= 0.6 is 15.9 Å². The lowest BCUT2D eigenvalue weighted by Gasteiger charge is -2.25. The molecule has 1 heterocycles. The van der Waals surface area contributed by atoms with Crippen molar-refractivity contribution in [1.82, 2.24) is 4.90 Å². The Morgan fingerprint density at radius 1 is 1.33 bits per heavy atom. The smallest absolute Gasteiger partial charge is 0.153 e. The number of rotatable bonds is 7. The molecule has 2 rings (SSSR count). The number of oxime groups is 1. The summed E-state index contributed by atoms with van der Waals surface area (Å²) in [6.07, 6.45) is 0. The van der Waals surface area contributed by atoms with Crippen LogP contribution in [0.3, 0.4) is 0 Å². The molecule has 0 saturated carbocycles. The molecule has 0 aliphatic carbocycles. The van der Waals surface area contributed by atoms with Gasteiger partial charge in [0.15, 0.2) is 12.4 Å². The third-order valence-electron chi connectivity index (χ3n) is 2.91. The summed E-state index contributed by atoms with van der Waals surface area (Å²) in [6.45, 7) is 4.63. The second-order valence-electron chi connectivity index (χ2n) is 4.61. The maximum atomic E-state index is 5.81. The lowest BCUT2D eigenvalue weighted by Crippen LogP contribution is -2.41. The number of halogens is 1. The predicted octanol–water partition coefficient (Wildman–Crippen LogP) is 1.45. The van der Waals surface area contributed by atoms with Crippen molar-refractivity contribution in [3.05, 3.63) is 28.7 Å². The van der Waals surface area contributed by atoms with Crippen molar-refractivity contribution in [1.29, 1.82) is 0 Å². The van der Waals surface area contributed by atoms with E-state index in [1.807, 2.05) is 24.3 Å². The van der Waals surface area contributed by atoms with Crippen LogP contribution in [0.1, 0.15) is 0 Å². The minimum absolute atomic E-state index is 0.357. The van der Waals surface area contributed by atoms with Crippen LogP contribution in [0.5, 0.6) is 5.75 Å². The van der Waals surface area contributed by atoms with Crippen LogP contribution in [0.15, 0.2) is 33.9 Å². The summed E-state index contributed by atoms with van der Waals surface area (Å²) in [5, 5.41) is 3.89. The van der Waals surface area contributed by atoms with Crippen molar-refractivity contribution in [3.8, 4) is 5.75 Å². The summed E-state index contributed by atoms with van der Waals surface area (Å²) in [6, 6.07) is 7.65. The van der Waals surface area contributed by atoms with Gasteiger partial charge in [-0.25, -0.2) is 0 Å². The third-order valence-corrected chi connectivity index (χ3v) is 3.40. The molecule has 0 atom stereocenters. The van der Waals surface area contributed by atoms with Gasteiger partial charge in [-0.2, -0.15) is 0 Å². The topological polar surface area (TPSA) is 69.3 Å². The molecule has 7 heteroatoms. The fourth-order valence-electron chi connectivity index (χ4n) is 1.90. The summed E-state index contributed by atoms with van der Waals surface area (Å²) in [7, 11) is 0. The average Bonchev–Trinajstić information content (AvgIpc) is 2.48. The van der Waals surface area contributed by atoms with E-state index in [4.69, 9.17) is 20.0 Å². The van der Waals surface area contributed by atoms with Crippen LogP contribution in [-0.4, -0.2) is 56.8 Å². The van der Waals surface area contributed by atoms with E-state index in [0.717, 1.165) is 36.5 Å². The Bertz CT molecular complexity index is 465. The minimum Gasteiger partial charge on any atom is -0.490 e. The van der Waals surface area contributed by atoms with Gasteiger partial charge in [0, 0.05) is 17.6 Å². The van der Waals surface area contributed by atoms with Crippen molar-refractivity contribution in [2.24, 2.45) is 10.9 Å². The first-order valence-corrected chi connectivity index (χ1v) is 7.66. The summed E-state index contributed by atoms with van der Waals surface area (Å²) >= 11 is 3.39. The number of amidine groups is 1. The molecule has 0 aromatic heterocycles. The SMILES string of the molecule is N/C(CN1CCOCC1)=N\OCCOc1cccc(Br)c1. The highest BCUT2D eigenvalue weighted by Crippen LogP contribution is 2.17. The van der Waals surface area contributed by atoms with Gasteiger partial charge in [0.1, 0.15) is 12.4 Å². The molecule has 1 aliphatic heterocycles. The first-order chi connectivity index (χ1) is 10.2. The second kappa shape index (κ2) is 8.86. The van der Waals surface area contributed by atoms with E-state index < -0.39 is 0 Å². The van der Waals surface area contributed by atoms with Gasteiger partial charge >= 0.3 is 0 Å². The molecule has 1 aromatic rings. The molecule has 0 unspecified atom stereocenters. The molecule has 2 N–H and O–H groups in total. The number of ether oxygens (including phenoxy) is 2. The maximum absolute atomic E-state index is 5.81. The molecule has 1 fully saturated rings. The summed E-state index contributed by atoms with van der Waals surface area (Å²) < 4.78 is 11.8. The second-order valence-corrected chi connectivity index (χ2v) is 5.53. The number of nitrogens with zero attached hydrogens (tertiary/aromatic N) is 2. The summed E-state index contributed by atoms with van der Waals surface area (Å²) in [5.41, 5.74) is 5.81. The van der Waals surface area contributed by atoms with Crippen molar-refractivity contribution in [3.63, 3.8) is 0 Å². The van der Waals surface area contributed by atoms with E-state index >= 15 is 0 Å². The van der Waals surface area contributed by atoms with Gasteiger partial charge in [-0.3, -0.25) is 4.90 Å². The first kappa shape index (κ1) is 16.1. The van der Waals surface area contributed by atoms with Gasteiger partial charge in [-0.15, -0.1) is 0 Å². The predicted molar refractivity (Wildman–Crippen MR) is 84.5 cm³/mol. The van der Waals surface area contributed by atoms with Gasteiger partial charge < -0.3 is 20.0 Å². The van der Waals surface area contributed by atoms with Gasteiger partial charge in [0.05, 0.1) is 19.8 Å². The molecule has 0 bridgehead atoms. The quantitative estimate of drug-likeness (QED) is 0.346. The van der Waals surface area contributed by atoms with Gasteiger partial charge in [0.25, 0.3) is 0 Å². The van der Waals surface area contributed by atoms with Crippen LogP contribution in [0, 0.1) is 0 Å². The molecule has 1 saturated heterocycles. The summed E-state index contributed by atoms with van der Waals surface area (Å²) in [4.78, 5) is 7.34. The van der Waals surface area contributed by atoms with Crippen molar-refractivity contribution in [2.75, 3.05) is 46.1 Å². The third kappa shape index (κ3) is 6.33. The zero-order chi connectivity index (χ0) is 14.9. The van der Waals surface area contributed by atoms with Gasteiger partial charge in [-0.1, -0.05) is 27.2 Å². The molecule has 116 valence electrons. The van der Waals surface area contributed by atoms with E-state index in [0.29, 0.717) is 25.6 Å². The number of benzene rings is 1. The standard InChI is InChI=1S/C14H20BrN3O3/c15-12-2-1-3-13(10-12)20-8-9-21-17-14(16)11-18-4-6-19-7-5-18/h1-3,10H,4-9,11H2,(H2,16,17). The first-order valence-electron chi connectivity index (χ1n) is 6.87. The van der Waals surface area contributed by atoms with Crippen LogP contribution in [0.4, 0.5) is 0 Å². The highest BCUT2D eigenvalue weighted by molar-refractivity contribution is 9.10. The van der Waals surface area contributed by atoms with Gasteiger partial charge in [0.2, 0.25) is 0 Å². The Morgan fingerprint density at radius 2 is 2.14 bits per heavy atom. The van der Waals surface area contributed by atoms with Crippen molar-refractivity contribution in [2.45, 2.75) is 0 Å². The van der Waals surface area contributed by atoms with E-state index in [9.17, 15) is 0 Å². The zero-order valence-corrected chi connectivity index (χ0v) is 13.4. The molecule has 6 nitrogen and oxygen atoms in total. The maximum Gasteiger partial charge on any atom is 0.153 e. The number of morpholine rings is 1. The number of hydrogen-bond acceptors (Lipinski definition) is 5. The van der Waals surface area contributed by atoms with Crippen LogP contribution in [0.2, 0.25) is 0 Å². The highest BCUT2D eigenvalue weighted by atomic mass is 79.9. The Kier molecular flexibility index (Phi) is 6.78. The average molecular weight is 358 g/mol. The molecular weight excluding hydrogens is 338 g/mol. The van der Waals surface area contributed by atoms with Gasteiger partial charge in [-0.05, 0) is 18.2 Å². The monoisotopic (exact) mass is 357 g/mol. The van der Waals surface area contributed by atoms with E-state index in [1.165, 1.54) is 0 Å². The largest absolute Gasteiger partial charge is 0.490 e. The molecule has 0 amide bonds. The highest BCUT2D eigenvalue weighted by Gasteiger charge is 2.11. The van der Waals surface area contributed by atoms with Crippen LogP contribution in [0.25, 0.3) is 0 Å². The van der Waals surface area contributed by atoms with E-state index in [1.54, 1.807) is 0 Å². The van der Waals surface area contributed by atoms with Crippen molar-refractivity contribution < 1.29 is 14.3 Å². The molecule has 1 aromatic carbocycles. The Hall–Kier alpha value is -1.31. The van der Waals surface area contributed by atoms with Crippen LogP contribution < -0.4 is 10.5 Å².